The second-order valence-corrected chi connectivity index (χ2v) is 3.33. The molecule has 18 heavy (non-hydrogen) atoms. The standard InChI is InChI=1S/C9H7F3N6/c10-9(11,12)5-3-16-18(4-5)8-15-2-1-6(17-8)7(13)14/h1-4H,(H3,13,14). The van der Waals surface area contributed by atoms with E-state index in [0.717, 1.165) is 10.9 Å². The molecule has 0 unspecified atom stereocenters. The van der Waals surface area contributed by atoms with E-state index in [0.29, 0.717) is 6.20 Å². The first-order valence-electron chi connectivity index (χ1n) is 4.67. The third-order valence-corrected chi connectivity index (χ3v) is 2.03. The van der Waals surface area contributed by atoms with Crippen LogP contribution in [0.25, 0.3) is 5.95 Å². The van der Waals surface area contributed by atoms with Gasteiger partial charge >= 0.3 is 6.18 Å². The van der Waals surface area contributed by atoms with Gasteiger partial charge in [-0.05, 0) is 6.07 Å². The number of halogens is 3. The van der Waals surface area contributed by atoms with E-state index in [-0.39, 0.29) is 17.5 Å². The van der Waals surface area contributed by atoms with Gasteiger partial charge in [-0.3, -0.25) is 5.41 Å². The lowest BCUT2D eigenvalue weighted by molar-refractivity contribution is -0.137. The molecule has 0 aromatic carbocycles. The minimum absolute atomic E-state index is 0.0850. The Hall–Kier alpha value is -2.45. The number of hydrogen-bond donors (Lipinski definition) is 2. The molecule has 94 valence electrons. The van der Waals surface area contributed by atoms with Gasteiger partial charge in [-0.15, -0.1) is 0 Å². The van der Waals surface area contributed by atoms with Crippen LogP contribution in [0.4, 0.5) is 13.2 Å². The summed E-state index contributed by atoms with van der Waals surface area (Å²) in [5.41, 5.74) is 4.43. The van der Waals surface area contributed by atoms with Crippen molar-refractivity contribution in [2.45, 2.75) is 6.18 Å². The first-order chi connectivity index (χ1) is 8.38. The summed E-state index contributed by atoms with van der Waals surface area (Å²) in [6.45, 7) is 0. The van der Waals surface area contributed by atoms with Gasteiger partial charge in [0.1, 0.15) is 11.5 Å². The van der Waals surface area contributed by atoms with Gasteiger partial charge in [0.25, 0.3) is 5.95 Å². The molecule has 0 aliphatic heterocycles. The summed E-state index contributed by atoms with van der Waals surface area (Å²) in [6, 6.07) is 1.38. The van der Waals surface area contributed by atoms with E-state index in [9.17, 15) is 13.2 Å². The Morgan fingerprint density at radius 2 is 2.11 bits per heavy atom. The fraction of sp³-hybridized carbons (Fsp3) is 0.111. The molecule has 0 amide bonds. The van der Waals surface area contributed by atoms with E-state index in [4.69, 9.17) is 11.1 Å². The topological polar surface area (TPSA) is 93.5 Å². The summed E-state index contributed by atoms with van der Waals surface area (Å²) in [7, 11) is 0. The Balaban J connectivity index is 2.40. The lowest BCUT2D eigenvalue weighted by Gasteiger charge is -2.02. The molecule has 0 atom stereocenters. The molecule has 2 aromatic rings. The summed E-state index contributed by atoms with van der Waals surface area (Å²) in [5, 5.41) is 10.7. The average molecular weight is 256 g/mol. The summed E-state index contributed by atoms with van der Waals surface area (Å²) in [6.07, 6.45) is -1.76. The molecule has 0 bridgehead atoms. The summed E-state index contributed by atoms with van der Waals surface area (Å²) in [4.78, 5) is 7.57. The maximum Gasteiger partial charge on any atom is 0.419 e. The zero-order chi connectivity index (χ0) is 13.3. The maximum absolute atomic E-state index is 12.4. The van der Waals surface area contributed by atoms with Crippen molar-refractivity contribution in [3.63, 3.8) is 0 Å². The highest BCUT2D eigenvalue weighted by Gasteiger charge is 2.32. The van der Waals surface area contributed by atoms with Crippen molar-refractivity contribution in [2.75, 3.05) is 0 Å². The Morgan fingerprint density at radius 1 is 1.39 bits per heavy atom. The summed E-state index contributed by atoms with van der Waals surface area (Å²) >= 11 is 0. The first-order valence-corrected chi connectivity index (χ1v) is 4.67. The molecule has 0 spiro atoms. The lowest BCUT2D eigenvalue weighted by atomic mass is 10.3. The first kappa shape index (κ1) is 12.0. The zero-order valence-corrected chi connectivity index (χ0v) is 8.81. The number of rotatable bonds is 2. The van der Waals surface area contributed by atoms with Crippen molar-refractivity contribution in [3.8, 4) is 5.95 Å². The van der Waals surface area contributed by atoms with Crippen LogP contribution >= 0.6 is 0 Å². The van der Waals surface area contributed by atoms with Crippen LogP contribution in [0.5, 0.6) is 0 Å². The minimum atomic E-state index is -4.48. The van der Waals surface area contributed by atoms with Crippen LogP contribution in [-0.4, -0.2) is 25.6 Å². The number of nitrogens with two attached hydrogens (primary N) is 1. The fourth-order valence-corrected chi connectivity index (χ4v) is 1.19. The van der Waals surface area contributed by atoms with Gasteiger partial charge in [-0.25, -0.2) is 14.6 Å². The number of alkyl halides is 3. The number of nitrogen functional groups attached to an aromatic ring is 1. The quantitative estimate of drug-likeness (QED) is 0.618. The van der Waals surface area contributed by atoms with Crippen LogP contribution in [0.1, 0.15) is 11.3 Å². The van der Waals surface area contributed by atoms with Crippen molar-refractivity contribution >= 4 is 5.84 Å². The zero-order valence-electron chi connectivity index (χ0n) is 8.81. The second-order valence-electron chi connectivity index (χ2n) is 3.33. The van der Waals surface area contributed by atoms with Gasteiger partial charge < -0.3 is 5.73 Å². The average Bonchev–Trinajstić information content (AvgIpc) is 2.78. The largest absolute Gasteiger partial charge is 0.419 e. The van der Waals surface area contributed by atoms with E-state index >= 15 is 0 Å². The predicted molar refractivity (Wildman–Crippen MR) is 55.2 cm³/mol. The van der Waals surface area contributed by atoms with Gasteiger partial charge in [0, 0.05) is 12.4 Å². The van der Waals surface area contributed by atoms with Crippen molar-refractivity contribution in [1.82, 2.24) is 19.7 Å². The van der Waals surface area contributed by atoms with Gasteiger partial charge in [0.2, 0.25) is 0 Å². The third kappa shape index (κ3) is 2.29. The molecule has 0 saturated carbocycles. The predicted octanol–water partition coefficient (Wildman–Crippen LogP) is 0.965. The second kappa shape index (κ2) is 4.09. The molecule has 0 aliphatic carbocycles. The molecular formula is C9H7F3N6. The van der Waals surface area contributed by atoms with Crippen LogP contribution in [0, 0.1) is 5.41 Å². The van der Waals surface area contributed by atoms with Gasteiger partial charge in [-0.1, -0.05) is 0 Å². The number of amidine groups is 1. The van der Waals surface area contributed by atoms with E-state index < -0.39 is 11.7 Å². The minimum Gasteiger partial charge on any atom is -0.382 e. The molecule has 3 N–H and O–H groups in total. The van der Waals surface area contributed by atoms with Crippen molar-refractivity contribution in [1.29, 1.82) is 5.41 Å². The molecule has 9 heteroatoms. The van der Waals surface area contributed by atoms with E-state index in [1.54, 1.807) is 0 Å². The Bertz CT molecular complexity index is 588. The van der Waals surface area contributed by atoms with Crippen LogP contribution in [0.2, 0.25) is 0 Å². The third-order valence-electron chi connectivity index (χ3n) is 2.03. The SMILES string of the molecule is N=C(N)c1ccnc(-n2cc(C(F)(F)F)cn2)n1. The highest BCUT2D eigenvalue weighted by Crippen LogP contribution is 2.28. The van der Waals surface area contributed by atoms with Crippen molar-refractivity contribution in [2.24, 2.45) is 5.73 Å². The van der Waals surface area contributed by atoms with Gasteiger partial charge in [-0.2, -0.15) is 18.3 Å². The van der Waals surface area contributed by atoms with E-state index in [1.165, 1.54) is 12.3 Å². The number of hydrogen-bond acceptors (Lipinski definition) is 4. The smallest absolute Gasteiger partial charge is 0.382 e. The highest BCUT2D eigenvalue weighted by molar-refractivity contribution is 5.92. The van der Waals surface area contributed by atoms with Gasteiger partial charge in [0.05, 0.1) is 11.8 Å². The van der Waals surface area contributed by atoms with Crippen LogP contribution in [0.15, 0.2) is 24.7 Å². The molecule has 0 radical (unpaired) electrons. The lowest BCUT2D eigenvalue weighted by Crippen LogP contribution is -2.15. The Morgan fingerprint density at radius 3 is 2.67 bits per heavy atom. The molecule has 6 nitrogen and oxygen atoms in total. The molecule has 0 fully saturated rings. The monoisotopic (exact) mass is 256 g/mol. The molecule has 0 aliphatic rings. The van der Waals surface area contributed by atoms with Crippen LogP contribution < -0.4 is 5.73 Å². The summed E-state index contributed by atoms with van der Waals surface area (Å²) in [5.74, 6) is -0.389. The normalized spacial score (nSPS) is 11.5. The van der Waals surface area contributed by atoms with Crippen molar-refractivity contribution < 1.29 is 13.2 Å². The molecule has 0 saturated heterocycles. The van der Waals surface area contributed by atoms with Crippen LogP contribution in [-0.2, 0) is 6.18 Å². The maximum atomic E-state index is 12.4. The van der Waals surface area contributed by atoms with Crippen LogP contribution in [0.3, 0.4) is 0 Å². The molecule has 2 aromatic heterocycles. The summed E-state index contributed by atoms with van der Waals surface area (Å²) < 4.78 is 38.0. The Labute approximate surface area is 98.8 Å². The van der Waals surface area contributed by atoms with E-state index in [1.807, 2.05) is 0 Å². The highest BCUT2D eigenvalue weighted by atomic mass is 19.4. The Kier molecular flexibility index (Phi) is 2.73. The molecular weight excluding hydrogens is 249 g/mol. The van der Waals surface area contributed by atoms with Gasteiger partial charge in [0.15, 0.2) is 0 Å². The number of aromatic nitrogens is 4. The van der Waals surface area contributed by atoms with Crippen molar-refractivity contribution in [3.05, 3.63) is 35.9 Å². The fourth-order valence-electron chi connectivity index (χ4n) is 1.19. The molecule has 2 heterocycles. The molecule has 2 rings (SSSR count). The number of nitrogens with one attached hydrogen (secondary N) is 1. The van der Waals surface area contributed by atoms with E-state index in [2.05, 4.69) is 15.1 Å². The number of nitrogens with zero attached hydrogens (tertiary/aromatic N) is 4.